The largest absolute Gasteiger partial charge is 0.496 e. The number of nitrogens with one attached hydrogen (secondary N) is 2. The van der Waals surface area contributed by atoms with Gasteiger partial charge in [0.1, 0.15) is 11.6 Å². The quantitative estimate of drug-likeness (QED) is 0.714. The van der Waals surface area contributed by atoms with Gasteiger partial charge in [-0.3, -0.25) is 9.59 Å². The molecule has 0 bridgehead atoms. The monoisotopic (exact) mass is 404 g/mol. The SMILES string of the molecule is COc1ccc(Cl)cc1C(=O)Nc1ccc(F)c(NC(=O)C2CCCCC2)c1. The van der Waals surface area contributed by atoms with E-state index in [1.807, 2.05) is 0 Å². The summed E-state index contributed by atoms with van der Waals surface area (Å²) < 4.78 is 19.3. The Hall–Kier alpha value is -2.60. The van der Waals surface area contributed by atoms with Crippen LogP contribution in [0.3, 0.4) is 0 Å². The van der Waals surface area contributed by atoms with Gasteiger partial charge in [0.15, 0.2) is 0 Å². The number of ether oxygens (including phenoxy) is 1. The minimum Gasteiger partial charge on any atom is -0.496 e. The third-order valence-electron chi connectivity index (χ3n) is 4.86. The summed E-state index contributed by atoms with van der Waals surface area (Å²) in [6, 6.07) is 8.75. The maximum absolute atomic E-state index is 14.2. The fourth-order valence-electron chi connectivity index (χ4n) is 3.35. The Bertz CT molecular complexity index is 882. The van der Waals surface area contributed by atoms with Crippen molar-refractivity contribution in [2.75, 3.05) is 17.7 Å². The Morgan fingerprint density at radius 2 is 1.82 bits per heavy atom. The number of rotatable bonds is 5. The number of carbonyl (C=O) groups is 2. The van der Waals surface area contributed by atoms with Gasteiger partial charge in [-0.05, 0) is 49.2 Å². The van der Waals surface area contributed by atoms with Crippen LogP contribution in [0, 0.1) is 11.7 Å². The third-order valence-corrected chi connectivity index (χ3v) is 5.10. The highest BCUT2D eigenvalue weighted by molar-refractivity contribution is 6.31. The fraction of sp³-hybridized carbons (Fsp3) is 0.333. The van der Waals surface area contributed by atoms with Crippen molar-refractivity contribution in [3.63, 3.8) is 0 Å². The summed E-state index contributed by atoms with van der Waals surface area (Å²) in [5, 5.41) is 5.73. The molecule has 0 spiro atoms. The predicted molar refractivity (Wildman–Crippen MR) is 108 cm³/mol. The van der Waals surface area contributed by atoms with Gasteiger partial charge in [-0.15, -0.1) is 0 Å². The second-order valence-corrected chi connectivity index (χ2v) is 7.25. The molecule has 1 fully saturated rings. The van der Waals surface area contributed by atoms with Crippen molar-refractivity contribution in [3.05, 3.63) is 52.8 Å². The maximum atomic E-state index is 14.2. The van der Waals surface area contributed by atoms with Crippen LogP contribution < -0.4 is 15.4 Å². The van der Waals surface area contributed by atoms with Crippen molar-refractivity contribution in [2.24, 2.45) is 5.92 Å². The molecule has 0 atom stereocenters. The lowest BCUT2D eigenvalue weighted by Crippen LogP contribution is -2.25. The molecule has 2 N–H and O–H groups in total. The molecule has 1 aliphatic carbocycles. The number of halogens is 2. The molecule has 0 unspecified atom stereocenters. The van der Waals surface area contributed by atoms with Crippen LogP contribution >= 0.6 is 11.6 Å². The second kappa shape index (κ2) is 9.06. The van der Waals surface area contributed by atoms with E-state index in [9.17, 15) is 14.0 Å². The molecule has 0 aromatic heterocycles. The van der Waals surface area contributed by atoms with Gasteiger partial charge in [-0.2, -0.15) is 0 Å². The number of methoxy groups -OCH3 is 1. The van der Waals surface area contributed by atoms with Gasteiger partial charge in [0, 0.05) is 16.6 Å². The van der Waals surface area contributed by atoms with E-state index in [0.29, 0.717) is 16.5 Å². The maximum Gasteiger partial charge on any atom is 0.259 e. The zero-order chi connectivity index (χ0) is 20.1. The molecule has 148 valence electrons. The molecule has 5 nitrogen and oxygen atoms in total. The first-order valence-corrected chi connectivity index (χ1v) is 9.61. The van der Waals surface area contributed by atoms with Crippen LogP contribution in [0.4, 0.5) is 15.8 Å². The van der Waals surface area contributed by atoms with Crippen molar-refractivity contribution >= 4 is 34.8 Å². The van der Waals surface area contributed by atoms with Crippen molar-refractivity contribution in [1.82, 2.24) is 0 Å². The average Bonchev–Trinajstić information content (AvgIpc) is 2.71. The highest BCUT2D eigenvalue weighted by atomic mass is 35.5. The molecule has 3 rings (SSSR count). The van der Waals surface area contributed by atoms with Crippen LogP contribution in [-0.2, 0) is 4.79 Å². The molecule has 1 saturated carbocycles. The van der Waals surface area contributed by atoms with E-state index < -0.39 is 11.7 Å². The smallest absolute Gasteiger partial charge is 0.259 e. The lowest BCUT2D eigenvalue weighted by Gasteiger charge is -2.21. The Kier molecular flexibility index (Phi) is 6.52. The molecule has 1 aliphatic rings. The van der Waals surface area contributed by atoms with Crippen LogP contribution in [0.25, 0.3) is 0 Å². The summed E-state index contributed by atoms with van der Waals surface area (Å²) in [4.78, 5) is 25.0. The van der Waals surface area contributed by atoms with E-state index in [1.54, 1.807) is 12.1 Å². The van der Waals surface area contributed by atoms with Gasteiger partial charge < -0.3 is 15.4 Å². The van der Waals surface area contributed by atoms with Gasteiger partial charge in [0.2, 0.25) is 5.91 Å². The first kappa shape index (κ1) is 20.1. The van der Waals surface area contributed by atoms with E-state index in [0.717, 1.165) is 32.1 Å². The van der Waals surface area contributed by atoms with Crippen molar-refractivity contribution in [2.45, 2.75) is 32.1 Å². The lowest BCUT2D eigenvalue weighted by atomic mass is 9.88. The third kappa shape index (κ3) is 4.81. The fourth-order valence-corrected chi connectivity index (χ4v) is 3.53. The highest BCUT2D eigenvalue weighted by Gasteiger charge is 2.22. The molecule has 7 heteroatoms. The molecule has 28 heavy (non-hydrogen) atoms. The predicted octanol–water partition coefficient (Wildman–Crippen LogP) is 5.26. The molecule has 0 heterocycles. The molecule has 2 aromatic carbocycles. The van der Waals surface area contributed by atoms with Crippen LogP contribution in [0.1, 0.15) is 42.5 Å². The first-order valence-electron chi connectivity index (χ1n) is 9.23. The van der Waals surface area contributed by atoms with E-state index in [1.165, 1.54) is 31.4 Å². The lowest BCUT2D eigenvalue weighted by molar-refractivity contribution is -0.120. The van der Waals surface area contributed by atoms with Crippen molar-refractivity contribution in [3.8, 4) is 5.75 Å². The van der Waals surface area contributed by atoms with E-state index >= 15 is 0 Å². The summed E-state index contributed by atoms with van der Waals surface area (Å²) in [7, 11) is 1.46. The Labute approximate surface area is 168 Å². The number of anilines is 2. The minimum atomic E-state index is -0.553. The van der Waals surface area contributed by atoms with E-state index in [-0.39, 0.29) is 23.1 Å². The standard InChI is InChI=1S/C21H22ClFN2O3/c1-28-19-10-7-14(22)11-16(19)21(27)24-15-8-9-17(23)18(12-15)25-20(26)13-5-3-2-4-6-13/h7-13H,2-6H2,1H3,(H,24,27)(H,25,26). The molecule has 0 aliphatic heterocycles. The zero-order valence-electron chi connectivity index (χ0n) is 15.6. The normalized spacial score (nSPS) is 14.4. The van der Waals surface area contributed by atoms with Crippen LogP contribution in [0.15, 0.2) is 36.4 Å². The topological polar surface area (TPSA) is 67.4 Å². The molecular formula is C21H22ClFN2O3. The highest BCUT2D eigenvalue weighted by Crippen LogP contribution is 2.28. The molecular weight excluding hydrogens is 383 g/mol. The number of hydrogen-bond donors (Lipinski definition) is 2. The van der Waals surface area contributed by atoms with Gasteiger partial charge in [0.25, 0.3) is 5.91 Å². The number of amides is 2. The summed E-state index contributed by atoms with van der Waals surface area (Å²) in [6.07, 6.45) is 4.79. The van der Waals surface area contributed by atoms with Crippen molar-refractivity contribution < 1.29 is 18.7 Å². The molecule has 0 radical (unpaired) electrons. The minimum absolute atomic E-state index is 0.0476. The van der Waals surface area contributed by atoms with E-state index in [2.05, 4.69) is 10.6 Å². The molecule has 0 saturated heterocycles. The second-order valence-electron chi connectivity index (χ2n) is 6.82. The van der Waals surface area contributed by atoms with Gasteiger partial charge in [-0.25, -0.2) is 4.39 Å². The van der Waals surface area contributed by atoms with Crippen LogP contribution in [0.5, 0.6) is 5.75 Å². The number of carbonyl (C=O) groups excluding carboxylic acids is 2. The van der Waals surface area contributed by atoms with Gasteiger partial charge in [0.05, 0.1) is 18.4 Å². The van der Waals surface area contributed by atoms with E-state index in [4.69, 9.17) is 16.3 Å². The van der Waals surface area contributed by atoms with Gasteiger partial charge >= 0.3 is 0 Å². The van der Waals surface area contributed by atoms with Crippen molar-refractivity contribution in [1.29, 1.82) is 0 Å². The average molecular weight is 405 g/mol. The summed E-state index contributed by atoms with van der Waals surface area (Å²) in [5.41, 5.74) is 0.658. The van der Waals surface area contributed by atoms with Crippen LogP contribution in [-0.4, -0.2) is 18.9 Å². The van der Waals surface area contributed by atoms with Crippen LogP contribution in [0.2, 0.25) is 5.02 Å². The molecule has 2 amide bonds. The summed E-state index contributed by atoms with van der Waals surface area (Å²) in [6.45, 7) is 0. The summed E-state index contributed by atoms with van der Waals surface area (Å²) >= 11 is 5.97. The first-order chi connectivity index (χ1) is 13.5. The molecule has 2 aromatic rings. The summed E-state index contributed by atoms with van der Waals surface area (Å²) in [5.74, 6) is -0.909. The van der Waals surface area contributed by atoms with Gasteiger partial charge in [-0.1, -0.05) is 30.9 Å². The Morgan fingerprint density at radius 3 is 2.54 bits per heavy atom. The Balaban J connectivity index is 1.75. The number of benzene rings is 2. The Morgan fingerprint density at radius 1 is 1.07 bits per heavy atom. The zero-order valence-corrected chi connectivity index (χ0v) is 16.3. The number of hydrogen-bond acceptors (Lipinski definition) is 3.